The first-order valence-corrected chi connectivity index (χ1v) is 5.94. The first-order valence-electron chi connectivity index (χ1n) is 5.94. The van der Waals surface area contributed by atoms with Crippen molar-refractivity contribution in [3.05, 3.63) is 41.9 Å². The van der Waals surface area contributed by atoms with E-state index in [0.717, 1.165) is 13.1 Å². The van der Waals surface area contributed by atoms with Crippen LogP contribution in [0.1, 0.15) is 11.1 Å². The monoisotopic (exact) mass is 229 g/mol. The molecule has 0 unspecified atom stereocenters. The Balaban J connectivity index is 2.38. The molecule has 3 nitrogen and oxygen atoms in total. The van der Waals surface area contributed by atoms with Crippen LogP contribution in [-0.4, -0.2) is 23.1 Å². The van der Waals surface area contributed by atoms with E-state index < -0.39 is 0 Å². The van der Waals surface area contributed by atoms with Crippen molar-refractivity contribution in [3.8, 4) is 11.3 Å². The summed E-state index contributed by atoms with van der Waals surface area (Å²) in [5.74, 6) is 0. The number of likely N-dealkylation sites (N-methyl/N-ethyl adjacent to an activating group) is 1. The summed E-state index contributed by atoms with van der Waals surface area (Å²) in [6.45, 7) is 6.16. The normalized spacial score (nSPS) is 10.8. The number of benzene rings is 1. The molecule has 0 aliphatic carbocycles. The number of hydrogen-bond acceptors (Lipinski definition) is 2. The number of imidazole rings is 1. The number of aromatic nitrogens is 2. The summed E-state index contributed by atoms with van der Waals surface area (Å²) in [5, 5.41) is 3.16. The molecule has 0 bridgehead atoms. The van der Waals surface area contributed by atoms with Crippen LogP contribution in [0.4, 0.5) is 0 Å². The molecule has 3 heteroatoms. The predicted octanol–water partition coefficient (Wildman–Crippen LogP) is 2.39. The predicted molar refractivity (Wildman–Crippen MR) is 71.1 cm³/mol. The van der Waals surface area contributed by atoms with Gasteiger partial charge in [-0.3, -0.25) is 0 Å². The molecule has 0 saturated heterocycles. The number of hydrogen-bond donors (Lipinski definition) is 1. The first kappa shape index (κ1) is 11.9. The van der Waals surface area contributed by atoms with Gasteiger partial charge in [0.2, 0.25) is 0 Å². The first-order chi connectivity index (χ1) is 8.22. The van der Waals surface area contributed by atoms with E-state index in [1.807, 2.05) is 19.6 Å². The van der Waals surface area contributed by atoms with Crippen molar-refractivity contribution < 1.29 is 0 Å². The van der Waals surface area contributed by atoms with E-state index >= 15 is 0 Å². The van der Waals surface area contributed by atoms with Gasteiger partial charge in [-0.1, -0.05) is 17.7 Å². The van der Waals surface area contributed by atoms with Gasteiger partial charge < -0.3 is 9.88 Å². The van der Waals surface area contributed by atoms with Gasteiger partial charge in [0, 0.05) is 18.7 Å². The largest absolute Gasteiger partial charge is 0.329 e. The van der Waals surface area contributed by atoms with Crippen LogP contribution < -0.4 is 5.32 Å². The molecular weight excluding hydrogens is 210 g/mol. The van der Waals surface area contributed by atoms with Crippen LogP contribution in [0.5, 0.6) is 0 Å². The molecule has 1 heterocycles. The second-order valence-electron chi connectivity index (χ2n) is 4.39. The number of nitrogens with zero attached hydrogens (tertiary/aromatic N) is 2. The molecule has 2 aromatic rings. The maximum Gasteiger partial charge on any atom is 0.0951 e. The molecule has 1 N–H and O–H groups in total. The Kier molecular flexibility index (Phi) is 3.59. The zero-order chi connectivity index (χ0) is 12.3. The van der Waals surface area contributed by atoms with E-state index in [1.54, 1.807) is 0 Å². The van der Waals surface area contributed by atoms with Gasteiger partial charge in [-0.05, 0) is 32.5 Å². The molecule has 1 aromatic heterocycles. The Morgan fingerprint density at radius 1 is 1.29 bits per heavy atom. The summed E-state index contributed by atoms with van der Waals surface area (Å²) in [6, 6.07) is 6.54. The zero-order valence-electron chi connectivity index (χ0n) is 10.7. The third-order valence-electron chi connectivity index (χ3n) is 2.98. The van der Waals surface area contributed by atoms with E-state index in [1.165, 1.54) is 22.4 Å². The standard InChI is InChI=1S/C14H19N3/c1-11-4-5-12(2)13(8-11)14-9-16-10-17(14)7-6-15-3/h4-5,8-10,15H,6-7H2,1-3H3. The minimum atomic E-state index is 0.944. The lowest BCUT2D eigenvalue weighted by Crippen LogP contribution is -2.15. The van der Waals surface area contributed by atoms with Crippen LogP contribution in [0, 0.1) is 13.8 Å². The molecule has 90 valence electrons. The van der Waals surface area contributed by atoms with Crippen LogP contribution in [0.2, 0.25) is 0 Å². The molecule has 1 aromatic carbocycles. The number of aryl methyl sites for hydroxylation is 2. The van der Waals surface area contributed by atoms with Gasteiger partial charge >= 0.3 is 0 Å². The van der Waals surface area contributed by atoms with Gasteiger partial charge in [-0.2, -0.15) is 0 Å². The fraction of sp³-hybridized carbons (Fsp3) is 0.357. The molecule has 0 saturated carbocycles. The summed E-state index contributed by atoms with van der Waals surface area (Å²) < 4.78 is 2.19. The van der Waals surface area contributed by atoms with Crippen molar-refractivity contribution >= 4 is 0 Å². The quantitative estimate of drug-likeness (QED) is 0.872. The zero-order valence-corrected chi connectivity index (χ0v) is 10.7. The van der Waals surface area contributed by atoms with Gasteiger partial charge in [0.05, 0.1) is 18.2 Å². The Morgan fingerprint density at radius 3 is 2.88 bits per heavy atom. The van der Waals surface area contributed by atoms with Crippen molar-refractivity contribution in [2.45, 2.75) is 20.4 Å². The number of nitrogens with one attached hydrogen (secondary N) is 1. The van der Waals surface area contributed by atoms with Crippen LogP contribution in [0.15, 0.2) is 30.7 Å². The number of rotatable bonds is 4. The van der Waals surface area contributed by atoms with Crippen molar-refractivity contribution in [2.75, 3.05) is 13.6 Å². The van der Waals surface area contributed by atoms with Crippen LogP contribution in [-0.2, 0) is 6.54 Å². The highest BCUT2D eigenvalue weighted by Crippen LogP contribution is 2.24. The second-order valence-corrected chi connectivity index (χ2v) is 4.39. The van der Waals surface area contributed by atoms with E-state index in [4.69, 9.17) is 0 Å². The minimum Gasteiger partial charge on any atom is -0.329 e. The Bertz CT molecular complexity index is 500. The molecule has 0 atom stereocenters. The Labute approximate surface area is 103 Å². The highest BCUT2D eigenvalue weighted by Gasteiger charge is 2.07. The van der Waals surface area contributed by atoms with Crippen molar-refractivity contribution in [2.24, 2.45) is 0 Å². The average Bonchev–Trinajstić information content (AvgIpc) is 2.77. The lowest BCUT2D eigenvalue weighted by molar-refractivity contribution is 0.648. The topological polar surface area (TPSA) is 29.9 Å². The molecule has 17 heavy (non-hydrogen) atoms. The molecule has 0 radical (unpaired) electrons. The van der Waals surface area contributed by atoms with Gasteiger partial charge in [-0.25, -0.2) is 4.98 Å². The third kappa shape index (κ3) is 2.56. The highest BCUT2D eigenvalue weighted by atomic mass is 15.1. The Hall–Kier alpha value is -1.61. The fourth-order valence-electron chi connectivity index (χ4n) is 1.97. The summed E-state index contributed by atoms with van der Waals surface area (Å²) in [4.78, 5) is 4.26. The summed E-state index contributed by atoms with van der Waals surface area (Å²) >= 11 is 0. The third-order valence-corrected chi connectivity index (χ3v) is 2.98. The molecular formula is C14H19N3. The van der Waals surface area contributed by atoms with Gasteiger partial charge in [0.25, 0.3) is 0 Å². The molecule has 2 rings (SSSR count). The van der Waals surface area contributed by atoms with Gasteiger partial charge in [0.15, 0.2) is 0 Å². The van der Waals surface area contributed by atoms with Gasteiger partial charge in [0.1, 0.15) is 0 Å². The van der Waals surface area contributed by atoms with Crippen LogP contribution in [0.25, 0.3) is 11.3 Å². The average molecular weight is 229 g/mol. The minimum absolute atomic E-state index is 0.944. The van der Waals surface area contributed by atoms with Crippen molar-refractivity contribution in [1.82, 2.24) is 14.9 Å². The maximum atomic E-state index is 4.26. The van der Waals surface area contributed by atoms with Crippen LogP contribution >= 0.6 is 0 Å². The SMILES string of the molecule is CNCCn1cncc1-c1cc(C)ccc1C. The Morgan fingerprint density at radius 2 is 2.12 bits per heavy atom. The summed E-state index contributed by atoms with van der Waals surface area (Å²) in [6.07, 6.45) is 3.84. The van der Waals surface area contributed by atoms with Crippen molar-refractivity contribution in [3.63, 3.8) is 0 Å². The molecule has 0 aliphatic heterocycles. The van der Waals surface area contributed by atoms with Crippen molar-refractivity contribution in [1.29, 1.82) is 0 Å². The second kappa shape index (κ2) is 5.15. The lowest BCUT2D eigenvalue weighted by atomic mass is 10.0. The van der Waals surface area contributed by atoms with Gasteiger partial charge in [-0.15, -0.1) is 0 Å². The molecule has 0 amide bonds. The lowest BCUT2D eigenvalue weighted by Gasteiger charge is -2.11. The highest BCUT2D eigenvalue weighted by molar-refractivity contribution is 5.64. The summed E-state index contributed by atoms with van der Waals surface area (Å²) in [5.41, 5.74) is 5.05. The molecule has 0 spiro atoms. The van der Waals surface area contributed by atoms with E-state index in [-0.39, 0.29) is 0 Å². The molecule has 0 fully saturated rings. The van der Waals surface area contributed by atoms with E-state index in [0.29, 0.717) is 0 Å². The smallest absolute Gasteiger partial charge is 0.0951 e. The fourth-order valence-corrected chi connectivity index (χ4v) is 1.97. The summed E-state index contributed by atoms with van der Waals surface area (Å²) in [7, 11) is 1.97. The maximum absolute atomic E-state index is 4.26. The van der Waals surface area contributed by atoms with E-state index in [9.17, 15) is 0 Å². The molecule has 0 aliphatic rings. The van der Waals surface area contributed by atoms with Crippen LogP contribution in [0.3, 0.4) is 0 Å². The van der Waals surface area contributed by atoms with E-state index in [2.05, 4.69) is 46.9 Å².